The van der Waals surface area contributed by atoms with E-state index >= 15 is 0 Å². The number of allylic oxidation sites excluding steroid dienone is 1. The van der Waals surface area contributed by atoms with E-state index in [-0.39, 0.29) is 4.90 Å². The van der Waals surface area contributed by atoms with E-state index in [0.29, 0.717) is 23.9 Å². The van der Waals surface area contributed by atoms with Crippen LogP contribution in [0.5, 0.6) is 0 Å². The number of hydrogen-bond donors (Lipinski definition) is 1. The van der Waals surface area contributed by atoms with Gasteiger partial charge in [0.2, 0.25) is 10.0 Å². The Kier molecular flexibility index (Phi) is 7.32. The normalized spacial score (nSPS) is 12.7. The summed E-state index contributed by atoms with van der Waals surface area (Å²) in [5.41, 5.74) is 3.69. The highest BCUT2D eigenvalue weighted by Crippen LogP contribution is 2.16. The van der Waals surface area contributed by atoms with Crippen molar-refractivity contribution in [3.05, 3.63) is 59.3 Å². The first-order valence-electron chi connectivity index (χ1n) is 8.15. The van der Waals surface area contributed by atoms with Crippen molar-refractivity contribution in [1.29, 1.82) is 0 Å². The van der Waals surface area contributed by atoms with Gasteiger partial charge in [-0.15, -0.1) is 0 Å². The fraction of sp³-hybridized carbons (Fsp3) is 0.222. The van der Waals surface area contributed by atoms with Crippen LogP contribution in [0.25, 0.3) is 6.08 Å². The van der Waals surface area contributed by atoms with Gasteiger partial charge >= 0.3 is 0 Å². The highest BCUT2D eigenvalue weighted by molar-refractivity contribution is 7.89. The first-order chi connectivity index (χ1) is 12.5. The van der Waals surface area contributed by atoms with Gasteiger partial charge in [-0.3, -0.25) is 5.43 Å². The summed E-state index contributed by atoms with van der Waals surface area (Å²) in [7, 11) is -3.51. The lowest BCUT2D eigenvalue weighted by Gasteiger charge is -2.18. The predicted molar refractivity (Wildman–Crippen MR) is 107 cm³/mol. The molecule has 0 fully saturated rings. The first-order valence-corrected chi connectivity index (χ1v) is 9.96. The maximum atomic E-state index is 12.4. The second-order valence-corrected chi connectivity index (χ2v) is 7.65. The van der Waals surface area contributed by atoms with Crippen LogP contribution in [0.1, 0.15) is 19.4 Å². The zero-order chi connectivity index (χ0) is 19.0. The molecule has 1 N–H and O–H groups in total. The number of hydrogen-bond acceptors (Lipinski definition) is 5. The van der Waals surface area contributed by atoms with Crippen LogP contribution in [0, 0.1) is 0 Å². The van der Waals surface area contributed by atoms with Crippen LogP contribution in [0.2, 0.25) is 0 Å². The third kappa shape index (κ3) is 5.39. The standard InChI is InChI=1S/C18H21ClN4O2S/c1-3-23(4-2)26(24,25)17-10-11-18(20-14-17)22-21-13-16(19)12-15-8-6-5-7-9-15/h5-14H,3-4H2,1-2H3,(H,20,22)/b16-12-,21-13-. The summed E-state index contributed by atoms with van der Waals surface area (Å²) in [4.78, 5) is 4.23. The molecule has 2 rings (SSSR count). The fourth-order valence-corrected chi connectivity index (χ4v) is 3.80. The minimum absolute atomic E-state index is 0.151. The zero-order valence-corrected chi connectivity index (χ0v) is 16.2. The molecule has 26 heavy (non-hydrogen) atoms. The van der Waals surface area contributed by atoms with Crippen molar-refractivity contribution < 1.29 is 8.42 Å². The fourth-order valence-electron chi connectivity index (χ4n) is 2.22. The molecule has 0 saturated carbocycles. The Morgan fingerprint density at radius 3 is 2.46 bits per heavy atom. The third-order valence-corrected chi connectivity index (χ3v) is 5.79. The van der Waals surface area contributed by atoms with Crippen molar-refractivity contribution in [3.8, 4) is 0 Å². The SMILES string of the molecule is CCN(CC)S(=O)(=O)c1ccc(N/N=C\C(Cl)=C\c2ccccc2)nc1. The molecule has 1 aromatic heterocycles. The maximum absolute atomic E-state index is 12.4. The molecule has 0 radical (unpaired) electrons. The Hall–Kier alpha value is -2.22. The van der Waals surface area contributed by atoms with Gasteiger partial charge in [0.25, 0.3) is 0 Å². The molecule has 0 saturated heterocycles. The van der Waals surface area contributed by atoms with E-state index in [4.69, 9.17) is 11.6 Å². The molecule has 8 heteroatoms. The van der Waals surface area contributed by atoms with E-state index < -0.39 is 10.0 Å². The Morgan fingerprint density at radius 1 is 1.19 bits per heavy atom. The number of nitrogens with zero attached hydrogens (tertiary/aromatic N) is 3. The van der Waals surface area contributed by atoms with Gasteiger partial charge in [0.15, 0.2) is 0 Å². The van der Waals surface area contributed by atoms with Crippen molar-refractivity contribution in [3.63, 3.8) is 0 Å². The van der Waals surface area contributed by atoms with Gasteiger partial charge < -0.3 is 0 Å². The number of nitrogens with one attached hydrogen (secondary N) is 1. The molecule has 0 aliphatic heterocycles. The summed E-state index contributed by atoms with van der Waals surface area (Å²) in [6, 6.07) is 12.7. The summed E-state index contributed by atoms with van der Waals surface area (Å²) in [5, 5.41) is 4.45. The van der Waals surface area contributed by atoms with Crippen LogP contribution >= 0.6 is 11.6 Å². The van der Waals surface area contributed by atoms with E-state index in [1.165, 1.54) is 22.8 Å². The molecule has 0 bridgehead atoms. The van der Waals surface area contributed by atoms with Gasteiger partial charge in [-0.2, -0.15) is 9.41 Å². The lowest BCUT2D eigenvalue weighted by Crippen LogP contribution is -2.30. The summed E-state index contributed by atoms with van der Waals surface area (Å²) in [6.07, 6.45) is 4.55. The number of pyridine rings is 1. The molecule has 1 heterocycles. The second kappa shape index (κ2) is 9.47. The number of rotatable bonds is 8. The molecular formula is C18H21ClN4O2S. The van der Waals surface area contributed by atoms with Gasteiger partial charge in [0.1, 0.15) is 10.7 Å². The average Bonchev–Trinajstić information content (AvgIpc) is 2.64. The monoisotopic (exact) mass is 392 g/mol. The minimum atomic E-state index is -3.51. The third-order valence-electron chi connectivity index (χ3n) is 3.55. The number of aromatic nitrogens is 1. The van der Waals surface area contributed by atoms with E-state index in [1.807, 2.05) is 30.3 Å². The summed E-state index contributed by atoms with van der Waals surface area (Å²) in [6.45, 7) is 4.42. The van der Waals surface area contributed by atoms with Crippen LogP contribution in [0.4, 0.5) is 5.82 Å². The predicted octanol–water partition coefficient (Wildman–Crippen LogP) is 3.79. The molecule has 2 aromatic rings. The number of anilines is 1. The molecule has 0 unspecified atom stereocenters. The van der Waals surface area contributed by atoms with Gasteiger partial charge in [0.05, 0.1) is 11.2 Å². The maximum Gasteiger partial charge on any atom is 0.244 e. The molecule has 0 atom stereocenters. The van der Waals surface area contributed by atoms with Gasteiger partial charge in [-0.05, 0) is 23.8 Å². The summed E-state index contributed by atoms with van der Waals surface area (Å²) >= 11 is 6.10. The highest BCUT2D eigenvalue weighted by Gasteiger charge is 2.21. The molecule has 6 nitrogen and oxygen atoms in total. The van der Waals surface area contributed by atoms with E-state index in [2.05, 4.69) is 15.5 Å². The molecule has 0 aliphatic rings. The van der Waals surface area contributed by atoms with E-state index in [9.17, 15) is 8.42 Å². The Balaban J connectivity index is 2.02. The average molecular weight is 393 g/mol. The van der Waals surface area contributed by atoms with Crippen molar-refractivity contribution in [1.82, 2.24) is 9.29 Å². The van der Waals surface area contributed by atoms with Crippen LogP contribution in [-0.4, -0.2) is 37.0 Å². The van der Waals surface area contributed by atoms with Gasteiger partial charge in [0, 0.05) is 19.3 Å². The smallest absolute Gasteiger partial charge is 0.244 e. The molecule has 0 amide bonds. The Bertz CT molecular complexity index is 862. The van der Waals surface area contributed by atoms with Crippen molar-refractivity contribution in [2.75, 3.05) is 18.5 Å². The van der Waals surface area contributed by atoms with Crippen molar-refractivity contribution in [2.45, 2.75) is 18.7 Å². The highest BCUT2D eigenvalue weighted by atomic mass is 35.5. The van der Waals surface area contributed by atoms with Gasteiger partial charge in [-0.25, -0.2) is 13.4 Å². The lowest BCUT2D eigenvalue weighted by molar-refractivity contribution is 0.445. The van der Waals surface area contributed by atoms with Crippen molar-refractivity contribution >= 4 is 39.7 Å². The zero-order valence-electron chi connectivity index (χ0n) is 14.6. The van der Waals surface area contributed by atoms with Crippen LogP contribution in [0.15, 0.2) is 63.7 Å². The summed E-state index contributed by atoms with van der Waals surface area (Å²) in [5.74, 6) is 0.420. The number of hydrazone groups is 1. The minimum Gasteiger partial charge on any atom is -0.261 e. The summed E-state index contributed by atoms with van der Waals surface area (Å²) < 4.78 is 26.2. The van der Waals surface area contributed by atoms with Gasteiger partial charge in [-0.1, -0.05) is 55.8 Å². The molecule has 138 valence electrons. The van der Waals surface area contributed by atoms with E-state index in [0.717, 1.165) is 5.56 Å². The Morgan fingerprint density at radius 2 is 1.88 bits per heavy atom. The van der Waals surface area contributed by atoms with Crippen molar-refractivity contribution in [2.24, 2.45) is 5.10 Å². The topological polar surface area (TPSA) is 74.7 Å². The van der Waals surface area contributed by atoms with Crippen LogP contribution < -0.4 is 5.43 Å². The number of halogens is 1. The van der Waals surface area contributed by atoms with Crippen LogP contribution in [-0.2, 0) is 10.0 Å². The Labute approximate surface area is 159 Å². The number of sulfonamides is 1. The molecule has 0 spiro atoms. The second-order valence-electron chi connectivity index (χ2n) is 5.28. The van der Waals surface area contributed by atoms with Crippen LogP contribution in [0.3, 0.4) is 0 Å². The number of benzene rings is 1. The lowest BCUT2D eigenvalue weighted by atomic mass is 10.2. The quantitative estimate of drug-likeness (QED) is 0.547. The first kappa shape index (κ1) is 20.1. The molecular weight excluding hydrogens is 372 g/mol. The molecule has 0 aliphatic carbocycles. The molecule has 1 aromatic carbocycles. The largest absolute Gasteiger partial charge is 0.261 e. The van der Waals surface area contributed by atoms with E-state index in [1.54, 1.807) is 26.0 Å².